The fourth-order valence-electron chi connectivity index (χ4n) is 3.09. The van der Waals surface area contributed by atoms with Gasteiger partial charge in [0.05, 0.1) is 24.3 Å². The largest absolute Gasteiger partial charge is 0.462 e. The topological polar surface area (TPSA) is 52.6 Å². The van der Waals surface area contributed by atoms with Crippen molar-refractivity contribution in [2.24, 2.45) is 11.8 Å². The summed E-state index contributed by atoms with van der Waals surface area (Å²) in [6, 6.07) is 6.56. The Kier molecular flexibility index (Phi) is 16.1. The van der Waals surface area contributed by atoms with E-state index in [1.54, 1.807) is 24.3 Å². The molecule has 1 aromatic rings. The Labute approximate surface area is 194 Å². The zero-order chi connectivity index (χ0) is 20.8. The summed E-state index contributed by atoms with van der Waals surface area (Å²) in [6.07, 6.45) is 8.81. The second-order valence-corrected chi connectivity index (χ2v) is 7.61. The second kappa shape index (κ2) is 16.7. The Morgan fingerprint density at radius 2 is 1.07 bits per heavy atom. The van der Waals surface area contributed by atoms with Crippen LogP contribution in [0.25, 0.3) is 0 Å². The molecule has 0 saturated heterocycles. The van der Waals surface area contributed by atoms with Crippen molar-refractivity contribution in [1.29, 1.82) is 0 Å². The molecule has 2 unspecified atom stereocenters. The van der Waals surface area contributed by atoms with E-state index in [9.17, 15) is 9.59 Å². The van der Waals surface area contributed by atoms with Crippen LogP contribution >= 0.6 is 0 Å². The van der Waals surface area contributed by atoms with E-state index in [2.05, 4.69) is 27.7 Å². The molecule has 0 aliphatic heterocycles. The van der Waals surface area contributed by atoms with Crippen LogP contribution in [0.15, 0.2) is 24.3 Å². The smallest absolute Gasteiger partial charge is 0.338 e. The van der Waals surface area contributed by atoms with Crippen molar-refractivity contribution in [3.05, 3.63) is 35.4 Å². The van der Waals surface area contributed by atoms with Crippen molar-refractivity contribution in [2.75, 3.05) is 13.2 Å². The van der Waals surface area contributed by atoms with Crippen molar-refractivity contribution in [3.8, 4) is 0 Å². The summed E-state index contributed by atoms with van der Waals surface area (Å²) in [4.78, 5) is 24.5. The third kappa shape index (κ3) is 11.1. The molecular formula is C24H38O4Sn. The Balaban J connectivity index is 0.00000784. The zero-order valence-electron chi connectivity index (χ0n) is 18.7. The van der Waals surface area contributed by atoms with Crippen LogP contribution in [0.1, 0.15) is 99.8 Å². The van der Waals surface area contributed by atoms with Gasteiger partial charge in [0.1, 0.15) is 0 Å². The predicted octanol–water partition coefficient (Wildman–Crippen LogP) is 6.05. The number of benzene rings is 1. The maximum Gasteiger partial charge on any atom is 0.338 e. The average Bonchev–Trinajstić information content (AvgIpc) is 2.73. The van der Waals surface area contributed by atoms with E-state index in [1.165, 1.54) is 0 Å². The third-order valence-electron chi connectivity index (χ3n) is 5.34. The molecule has 0 fully saturated rings. The van der Waals surface area contributed by atoms with E-state index in [1.807, 2.05) is 0 Å². The van der Waals surface area contributed by atoms with E-state index < -0.39 is 0 Å². The zero-order valence-corrected chi connectivity index (χ0v) is 21.5. The van der Waals surface area contributed by atoms with Gasteiger partial charge in [-0.1, -0.05) is 66.2 Å². The van der Waals surface area contributed by atoms with Crippen molar-refractivity contribution in [1.82, 2.24) is 0 Å². The van der Waals surface area contributed by atoms with Gasteiger partial charge in [-0.2, -0.15) is 0 Å². The number of rotatable bonds is 14. The van der Waals surface area contributed by atoms with Crippen molar-refractivity contribution >= 4 is 35.8 Å². The van der Waals surface area contributed by atoms with Crippen LogP contribution < -0.4 is 0 Å². The van der Waals surface area contributed by atoms with Gasteiger partial charge >= 0.3 is 11.9 Å². The van der Waals surface area contributed by atoms with Gasteiger partial charge in [0.2, 0.25) is 0 Å². The van der Waals surface area contributed by atoms with Crippen molar-refractivity contribution < 1.29 is 19.1 Å². The van der Waals surface area contributed by atoms with Crippen LogP contribution in [-0.2, 0) is 9.47 Å². The molecule has 1 rings (SSSR count). The first kappa shape index (κ1) is 28.0. The summed E-state index contributed by atoms with van der Waals surface area (Å²) >= 11 is 0. The molecule has 2 atom stereocenters. The number of hydrogen-bond acceptors (Lipinski definition) is 4. The SMILES string of the molecule is CCCCC(CC)COC(=O)c1ccc(C(=O)OCC(CC)CCCC)cc1.[Sn]. The molecule has 0 aliphatic rings. The van der Waals surface area contributed by atoms with Crippen molar-refractivity contribution in [3.63, 3.8) is 0 Å². The van der Waals surface area contributed by atoms with E-state index in [0.29, 0.717) is 36.2 Å². The Morgan fingerprint density at radius 3 is 1.34 bits per heavy atom. The molecule has 1 aromatic carbocycles. The van der Waals surface area contributed by atoms with Crippen LogP contribution in [0.4, 0.5) is 0 Å². The first-order chi connectivity index (χ1) is 13.5. The summed E-state index contributed by atoms with van der Waals surface area (Å²) in [5.74, 6) is 0.163. The number of hydrogen-bond donors (Lipinski definition) is 0. The fraction of sp³-hybridized carbons (Fsp3) is 0.667. The summed E-state index contributed by atoms with van der Waals surface area (Å²) in [5.41, 5.74) is 0.938. The van der Waals surface area contributed by atoms with E-state index in [4.69, 9.17) is 9.47 Å². The Morgan fingerprint density at radius 1 is 0.724 bits per heavy atom. The molecule has 0 bridgehead atoms. The average molecular weight is 509 g/mol. The molecule has 0 aliphatic carbocycles. The second-order valence-electron chi connectivity index (χ2n) is 7.61. The Bertz CT molecular complexity index is 520. The van der Waals surface area contributed by atoms with Gasteiger partial charge in [0, 0.05) is 23.9 Å². The maximum atomic E-state index is 12.2. The van der Waals surface area contributed by atoms with E-state index >= 15 is 0 Å². The minimum atomic E-state index is -0.333. The number of esters is 2. The monoisotopic (exact) mass is 510 g/mol. The van der Waals surface area contributed by atoms with Gasteiger partial charge in [-0.15, -0.1) is 0 Å². The molecule has 0 saturated carbocycles. The van der Waals surface area contributed by atoms with Crippen LogP contribution in [0.2, 0.25) is 0 Å². The first-order valence-electron chi connectivity index (χ1n) is 11.0. The molecule has 29 heavy (non-hydrogen) atoms. The fourth-order valence-corrected chi connectivity index (χ4v) is 3.09. The van der Waals surface area contributed by atoms with E-state index in [-0.39, 0.29) is 35.8 Å². The standard InChI is InChI=1S/C24H38O4.Sn/c1-5-9-11-19(7-3)17-27-23(25)21-13-15-22(16-14-21)24(26)28-18-20(8-4)12-10-6-2;/h13-16,19-20H,5-12,17-18H2,1-4H3;. The summed E-state index contributed by atoms with van der Waals surface area (Å²) in [6.45, 7) is 9.49. The molecule has 0 spiro atoms. The van der Waals surface area contributed by atoms with Gasteiger partial charge in [0.15, 0.2) is 0 Å². The van der Waals surface area contributed by atoms with Crippen LogP contribution in [-0.4, -0.2) is 49.1 Å². The van der Waals surface area contributed by atoms with Gasteiger partial charge < -0.3 is 9.47 Å². The molecule has 4 nitrogen and oxygen atoms in total. The van der Waals surface area contributed by atoms with Gasteiger partial charge in [0.25, 0.3) is 0 Å². The normalized spacial score (nSPS) is 12.6. The third-order valence-corrected chi connectivity index (χ3v) is 5.34. The predicted molar refractivity (Wildman–Crippen MR) is 119 cm³/mol. The van der Waals surface area contributed by atoms with Gasteiger partial charge in [-0.05, 0) is 48.9 Å². The minimum Gasteiger partial charge on any atom is -0.462 e. The molecule has 0 aromatic heterocycles. The molecule has 5 heteroatoms. The number of ether oxygens (including phenoxy) is 2. The van der Waals surface area contributed by atoms with Gasteiger partial charge in [-0.3, -0.25) is 0 Å². The number of carbonyl (C=O) groups excluding carboxylic acids is 2. The van der Waals surface area contributed by atoms with Crippen molar-refractivity contribution in [2.45, 2.75) is 79.1 Å². The first-order valence-corrected chi connectivity index (χ1v) is 11.0. The van der Waals surface area contributed by atoms with Crippen LogP contribution in [0.5, 0.6) is 0 Å². The number of unbranched alkanes of at least 4 members (excludes halogenated alkanes) is 2. The summed E-state index contributed by atoms with van der Waals surface area (Å²) in [7, 11) is 0. The van der Waals surface area contributed by atoms with Crippen LogP contribution in [0, 0.1) is 11.8 Å². The van der Waals surface area contributed by atoms with Crippen LogP contribution in [0.3, 0.4) is 0 Å². The Hall–Kier alpha value is -1.04. The molecule has 0 N–H and O–H groups in total. The quantitative estimate of drug-likeness (QED) is 0.226. The van der Waals surface area contributed by atoms with Gasteiger partial charge in [-0.25, -0.2) is 9.59 Å². The summed E-state index contributed by atoms with van der Waals surface area (Å²) < 4.78 is 10.9. The molecule has 0 heterocycles. The molecular weight excluding hydrogens is 471 g/mol. The molecule has 4 radical (unpaired) electrons. The molecule has 162 valence electrons. The molecule has 0 amide bonds. The number of carbonyl (C=O) groups is 2. The maximum absolute atomic E-state index is 12.2. The summed E-state index contributed by atoms with van der Waals surface area (Å²) in [5, 5.41) is 0. The van der Waals surface area contributed by atoms with E-state index in [0.717, 1.165) is 51.4 Å². The minimum absolute atomic E-state index is 0.